The fourth-order valence-electron chi connectivity index (χ4n) is 3.81. The Morgan fingerprint density at radius 1 is 1.00 bits per heavy atom. The van der Waals surface area contributed by atoms with Gasteiger partial charge in [-0.1, -0.05) is 18.2 Å². The molecular weight excluding hydrogens is 449 g/mol. The molecule has 1 N–H and O–H groups in total. The summed E-state index contributed by atoms with van der Waals surface area (Å²) in [6, 6.07) is 12.4. The number of aromatic amines is 1. The quantitative estimate of drug-likeness (QED) is 0.531. The standard InChI is InChI=1S/C23H24FN3O5S/c24-18-6-8-19(9-7-18)33(30,31)27-13-11-26(12-14-27)22(28)16-32-23(29)10-5-17-15-25-21-4-2-1-3-20(17)21/h1-4,6-9,15,25H,5,10-14,16H2. The SMILES string of the molecule is O=C(CCc1c[nH]c2ccccc12)OCC(=O)N1CCN(S(=O)(=O)c2ccc(F)cc2)CC1. The fraction of sp³-hybridized carbons (Fsp3) is 0.304. The number of hydrogen-bond donors (Lipinski definition) is 1. The molecule has 1 amide bonds. The molecule has 1 fully saturated rings. The zero-order valence-corrected chi connectivity index (χ0v) is 18.7. The Morgan fingerprint density at radius 2 is 1.70 bits per heavy atom. The van der Waals surface area contributed by atoms with Gasteiger partial charge in [0, 0.05) is 49.7 Å². The minimum absolute atomic E-state index is 0.00723. The number of benzene rings is 2. The second kappa shape index (κ2) is 9.72. The maximum absolute atomic E-state index is 13.1. The third kappa shape index (κ3) is 5.23. The van der Waals surface area contributed by atoms with E-state index in [0.29, 0.717) is 6.42 Å². The number of fused-ring (bicyclic) bond motifs is 1. The number of amides is 1. The van der Waals surface area contributed by atoms with Gasteiger partial charge >= 0.3 is 5.97 Å². The van der Waals surface area contributed by atoms with Gasteiger partial charge in [-0.2, -0.15) is 4.31 Å². The summed E-state index contributed by atoms with van der Waals surface area (Å²) in [5.74, 6) is -1.35. The van der Waals surface area contributed by atoms with Gasteiger partial charge in [0.05, 0.1) is 4.90 Å². The van der Waals surface area contributed by atoms with Crippen molar-refractivity contribution < 1.29 is 27.1 Å². The van der Waals surface area contributed by atoms with Crippen LogP contribution in [-0.4, -0.2) is 67.3 Å². The fourth-order valence-corrected chi connectivity index (χ4v) is 5.24. The molecule has 8 nitrogen and oxygen atoms in total. The van der Waals surface area contributed by atoms with Crippen molar-refractivity contribution in [3.8, 4) is 0 Å². The zero-order valence-electron chi connectivity index (χ0n) is 17.9. The zero-order chi connectivity index (χ0) is 23.4. The summed E-state index contributed by atoms with van der Waals surface area (Å²) in [6.07, 6.45) is 2.51. The lowest BCUT2D eigenvalue weighted by Gasteiger charge is -2.33. The molecule has 0 spiro atoms. The second-order valence-corrected chi connectivity index (χ2v) is 9.70. The summed E-state index contributed by atoms with van der Waals surface area (Å²) in [7, 11) is -3.76. The number of carbonyl (C=O) groups excluding carboxylic acids is 2. The van der Waals surface area contributed by atoms with E-state index < -0.39 is 21.8 Å². The maximum atomic E-state index is 13.1. The van der Waals surface area contributed by atoms with E-state index >= 15 is 0 Å². The smallest absolute Gasteiger partial charge is 0.306 e. The van der Waals surface area contributed by atoms with Gasteiger partial charge in [-0.3, -0.25) is 9.59 Å². The number of ether oxygens (including phenoxy) is 1. The molecule has 0 bridgehead atoms. The topological polar surface area (TPSA) is 99.8 Å². The number of nitrogens with zero attached hydrogens (tertiary/aromatic N) is 2. The number of halogens is 1. The van der Waals surface area contributed by atoms with Gasteiger partial charge in [-0.25, -0.2) is 12.8 Å². The number of hydrogen-bond acceptors (Lipinski definition) is 5. The predicted molar refractivity (Wildman–Crippen MR) is 119 cm³/mol. The van der Waals surface area contributed by atoms with Gasteiger partial charge in [0.25, 0.3) is 5.91 Å². The Labute approximate surface area is 191 Å². The summed E-state index contributed by atoms with van der Waals surface area (Å²) < 4.78 is 44.8. The van der Waals surface area contributed by atoms with E-state index in [1.807, 2.05) is 30.5 Å². The summed E-state index contributed by atoms with van der Waals surface area (Å²) in [5, 5.41) is 1.05. The lowest BCUT2D eigenvalue weighted by atomic mass is 10.1. The van der Waals surface area contributed by atoms with E-state index in [4.69, 9.17) is 4.74 Å². The molecule has 1 aliphatic rings. The molecule has 0 saturated carbocycles. The number of carbonyl (C=O) groups is 2. The molecule has 0 aliphatic carbocycles. The van der Waals surface area contributed by atoms with E-state index in [1.165, 1.54) is 21.3 Å². The largest absolute Gasteiger partial charge is 0.456 e. The molecule has 2 heterocycles. The van der Waals surface area contributed by atoms with Crippen LogP contribution in [0.3, 0.4) is 0 Å². The number of rotatable bonds is 7. The van der Waals surface area contributed by atoms with Gasteiger partial charge in [-0.05, 0) is 42.3 Å². The molecule has 0 unspecified atom stereocenters. The highest BCUT2D eigenvalue weighted by atomic mass is 32.2. The van der Waals surface area contributed by atoms with E-state index in [0.717, 1.165) is 28.6 Å². The lowest BCUT2D eigenvalue weighted by Crippen LogP contribution is -2.51. The Morgan fingerprint density at radius 3 is 2.42 bits per heavy atom. The van der Waals surface area contributed by atoms with Gasteiger partial charge < -0.3 is 14.6 Å². The molecule has 0 radical (unpaired) electrons. The van der Waals surface area contributed by atoms with Crippen molar-refractivity contribution >= 4 is 32.8 Å². The van der Waals surface area contributed by atoms with Gasteiger partial charge in [0.15, 0.2) is 6.61 Å². The van der Waals surface area contributed by atoms with Crippen molar-refractivity contribution in [3.63, 3.8) is 0 Å². The maximum Gasteiger partial charge on any atom is 0.306 e. The molecule has 4 rings (SSSR count). The monoisotopic (exact) mass is 473 g/mol. The molecule has 0 atom stereocenters. The highest BCUT2D eigenvalue weighted by Crippen LogP contribution is 2.20. The van der Waals surface area contributed by atoms with E-state index in [9.17, 15) is 22.4 Å². The Balaban J connectivity index is 1.23. The number of piperazine rings is 1. The number of esters is 1. The van der Waals surface area contributed by atoms with Crippen molar-refractivity contribution in [1.29, 1.82) is 0 Å². The van der Waals surface area contributed by atoms with Crippen LogP contribution >= 0.6 is 0 Å². The van der Waals surface area contributed by atoms with Crippen LogP contribution < -0.4 is 0 Å². The summed E-state index contributed by atoms with van der Waals surface area (Å²) in [4.78, 5) is 29.2. The molecule has 1 aliphatic heterocycles. The number of nitrogens with one attached hydrogen (secondary N) is 1. The van der Waals surface area contributed by atoms with Crippen LogP contribution in [0.4, 0.5) is 4.39 Å². The van der Waals surface area contributed by atoms with E-state index in [1.54, 1.807) is 0 Å². The predicted octanol–water partition coefficient (Wildman–Crippen LogP) is 2.32. The van der Waals surface area contributed by atoms with Crippen molar-refractivity contribution in [2.45, 2.75) is 17.7 Å². The highest BCUT2D eigenvalue weighted by molar-refractivity contribution is 7.89. The van der Waals surface area contributed by atoms with Crippen LogP contribution in [0.25, 0.3) is 10.9 Å². The molecule has 1 aromatic heterocycles. The van der Waals surface area contributed by atoms with Crippen LogP contribution in [0.2, 0.25) is 0 Å². The van der Waals surface area contributed by atoms with Crippen LogP contribution in [0.5, 0.6) is 0 Å². The van der Waals surface area contributed by atoms with Crippen molar-refractivity contribution in [1.82, 2.24) is 14.2 Å². The van der Waals surface area contributed by atoms with Gasteiger partial charge in [0.2, 0.25) is 10.0 Å². The molecular formula is C23H24FN3O5S. The van der Waals surface area contributed by atoms with Crippen molar-refractivity contribution in [2.75, 3.05) is 32.8 Å². The normalized spacial score (nSPS) is 15.0. The summed E-state index contributed by atoms with van der Waals surface area (Å²) >= 11 is 0. The first-order chi connectivity index (χ1) is 15.8. The molecule has 1 saturated heterocycles. The van der Waals surface area contributed by atoms with E-state index in [-0.39, 0.29) is 50.0 Å². The van der Waals surface area contributed by atoms with Gasteiger partial charge in [-0.15, -0.1) is 0 Å². The Hall–Kier alpha value is -3.24. The molecule has 2 aromatic carbocycles. The Kier molecular flexibility index (Phi) is 6.75. The average Bonchev–Trinajstić information content (AvgIpc) is 3.24. The van der Waals surface area contributed by atoms with Crippen LogP contribution in [0, 0.1) is 5.82 Å². The summed E-state index contributed by atoms with van der Waals surface area (Å²) in [6.45, 7) is 0.218. The summed E-state index contributed by atoms with van der Waals surface area (Å²) in [5.41, 5.74) is 2.00. The van der Waals surface area contributed by atoms with Gasteiger partial charge in [0.1, 0.15) is 5.82 Å². The third-order valence-corrected chi connectivity index (χ3v) is 7.59. The molecule has 33 heavy (non-hydrogen) atoms. The first kappa shape index (κ1) is 22.9. The number of para-hydroxylation sites is 1. The van der Waals surface area contributed by atoms with Crippen molar-refractivity contribution in [2.24, 2.45) is 0 Å². The lowest BCUT2D eigenvalue weighted by molar-refractivity contribution is -0.152. The van der Waals surface area contributed by atoms with Crippen molar-refractivity contribution in [3.05, 3.63) is 66.1 Å². The van der Waals surface area contributed by atoms with E-state index in [2.05, 4.69) is 4.98 Å². The molecule has 3 aromatic rings. The minimum Gasteiger partial charge on any atom is -0.456 e. The molecule has 10 heteroatoms. The van der Waals surface area contributed by atoms with Crippen LogP contribution in [0.1, 0.15) is 12.0 Å². The number of sulfonamides is 1. The number of aryl methyl sites for hydroxylation is 1. The van der Waals surface area contributed by atoms with Crippen LogP contribution in [0.15, 0.2) is 59.6 Å². The number of aromatic nitrogens is 1. The second-order valence-electron chi connectivity index (χ2n) is 7.76. The van der Waals surface area contributed by atoms with Crippen LogP contribution in [-0.2, 0) is 30.8 Å². The minimum atomic E-state index is -3.76. The highest BCUT2D eigenvalue weighted by Gasteiger charge is 2.30. The third-order valence-electron chi connectivity index (χ3n) is 5.67. The molecule has 174 valence electrons. The first-order valence-electron chi connectivity index (χ1n) is 10.6. The first-order valence-corrected chi connectivity index (χ1v) is 12.0. The Bertz CT molecular complexity index is 1250. The average molecular weight is 474 g/mol. The number of H-pyrrole nitrogens is 1.